The van der Waals surface area contributed by atoms with Gasteiger partial charge >= 0.3 is 0 Å². The van der Waals surface area contributed by atoms with Crippen LogP contribution in [0.25, 0.3) is 0 Å². The Balaban J connectivity index is 2.61. The predicted octanol–water partition coefficient (Wildman–Crippen LogP) is 2.84. The van der Waals surface area contributed by atoms with Gasteiger partial charge in [0.25, 0.3) is 5.91 Å². The Kier molecular flexibility index (Phi) is 5.85. The van der Waals surface area contributed by atoms with E-state index in [1.807, 2.05) is 13.2 Å². The van der Waals surface area contributed by atoms with Gasteiger partial charge in [0.05, 0.1) is 5.56 Å². The highest BCUT2D eigenvalue weighted by Crippen LogP contribution is 2.13. The molecule has 0 spiro atoms. The predicted molar refractivity (Wildman–Crippen MR) is 73.5 cm³/mol. The zero-order chi connectivity index (χ0) is 12.8. The molecule has 0 aromatic heterocycles. The van der Waals surface area contributed by atoms with Crippen molar-refractivity contribution in [3.05, 3.63) is 29.6 Å². The summed E-state index contributed by atoms with van der Waals surface area (Å²) in [5.74, 6) is 0.440. The highest BCUT2D eigenvalue weighted by Gasteiger charge is 2.12. The second kappa shape index (κ2) is 6.91. The Morgan fingerprint density at radius 3 is 2.94 bits per heavy atom. The molecule has 1 rings (SSSR count). The fourth-order valence-corrected chi connectivity index (χ4v) is 2.28. The SMILES string of the molecule is CSCC(C)CNC(=O)c1cc(S)ccc1F. The van der Waals surface area contributed by atoms with Crippen LogP contribution in [0.1, 0.15) is 17.3 Å². The third-order valence-corrected chi connectivity index (χ3v) is 3.44. The lowest BCUT2D eigenvalue weighted by Gasteiger charge is -2.11. The van der Waals surface area contributed by atoms with Crippen LogP contribution in [0, 0.1) is 11.7 Å². The van der Waals surface area contributed by atoms with E-state index in [2.05, 4.69) is 17.9 Å². The summed E-state index contributed by atoms with van der Waals surface area (Å²) in [7, 11) is 0. The van der Waals surface area contributed by atoms with Crippen molar-refractivity contribution in [1.82, 2.24) is 5.32 Å². The Morgan fingerprint density at radius 1 is 1.59 bits per heavy atom. The van der Waals surface area contributed by atoms with Crippen molar-refractivity contribution in [1.29, 1.82) is 0 Å². The van der Waals surface area contributed by atoms with E-state index in [9.17, 15) is 9.18 Å². The van der Waals surface area contributed by atoms with Gasteiger partial charge in [0, 0.05) is 11.4 Å². The van der Waals surface area contributed by atoms with E-state index in [4.69, 9.17) is 0 Å². The van der Waals surface area contributed by atoms with E-state index < -0.39 is 5.82 Å². The van der Waals surface area contributed by atoms with Crippen LogP contribution in [0.3, 0.4) is 0 Å². The molecule has 1 unspecified atom stereocenters. The number of hydrogen-bond acceptors (Lipinski definition) is 3. The summed E-state index contributed by atoms with van der Waals surface area (Å²) in [6.45, 7) is 2.60. The van der Waals surface area contributed by atoms with Crippen molar-refractivity contribution in [2.75, 3.05) is 18.6 Å². The Morgan fingerprint density at radius 2 is 2.29 bits per heavy atom. The van der Waals surface area contributed by atoms with Crippen molar-refractivity contribution in [2.45, 2.75) is 11.8 Å². The van der Waals surface area contributed by atoms with Gasteiger partial charge in [0.15, 0.2) is 0 Å². The first kappa shape index (κ1) is 14.4. The number of thiol groups is 1. The van der Waals surface area contributed by atoms with Crippen LogP contribution in [0.2, 0.25) is 0 Å². The lowest BCUT2D eigenvalue weighted by molar-refractivity contribution is 0.0945. The summed E-state index contributed by atoms with van der Waals surface area (Å²) in [6, 6.07) is 4.21. The molecule has 1 atom stereocenters. The zero-order valence-electron chi connectivity index (χ0n) is 9.87. The highest BCUT2D eigenvalue weighted by atomic mass is 32.2. The maximum absolute atomic E-state index is 13.4. The summed E-state index contributed by atoms with van der Waals surface area (Å²) in [5.41, 5.74) is 0.0499. The van der Waals surface area contributed by atoms with Crippen LogP contribution in [-0.4, -0.2) is 24.5 Å². The summed E-state index contributed by atoms with van der Waals surface area (Å²) in [6.07, 6.45) is 2.02. The van der Waals surface area contributed by atoms with E-state index in [0.29, 0.717) is 17.4 Å². The molecule has 1 aromatic carbocycles. The van der Waals surface area contributed by atoms with Gasteiger partial charge < -0.3 is 5.32 Å². The van der Waals surface area contributed by atoms with Crippen LogP contribution < -0.4 is 5.32 Å². The van der Waals surface area contributed by atoms with Crippen molar-refractivity contribution in [2.24, 2.45) is 5.92 Å². The molecule has 0 heterocycles. The normalized spacial score (nSPS) is 12.2. The Bertz CT molecular complexity index is 398. The minimum Gasteiger partial charge on any atom is -0.352 e. The first-order valence-electron chi connectivity index (χ1n) is 5.30. The van der Waals surface area contributed by atoms with Gasteiger partial charge in [-0.2, -0.15) is 11.8 Å². The average Bonchev–Trinajstić information content (AvgIpc) is 2.29. The molecule has 5 heteroatoms. The molecule has 0 radical (unpaired) electrons. The standard InChI is InChI=1S/C12H16FNOS2/c1-8(7-17-2)6-14-12(15)10-5-9(16)3-4-11(10)13/h3-5,8,16H,6-7H2,1-2H3,(H,14,15). The number of hydrogen-bond donors (Lipinski definition) is 2. The van der Waals surface area contributed by atoms with Gasteiger partial charge in [-0.15, -0.1) is 12.6 Å². The zero-order valence-corrected chi connectivity index (χ0v) is 11.6. The number of carbonyl (C=O) groups is 1. The molecule has 0 bridgehead atoms. The fourth-order valence-electron chi connectivity index (χ4n) is 1.39. The highest BCUT2D eigenvalue weighted by molar-refractivity contribution is 7.98. The number of amides is 1. The molecule has 0 aliphatic heterocycles. The van der Waals surface area contributed by atoms with E-state index in [1.54, 1.807) is 11.8 Å². The number of carbonyl (C=O) groups excluding carboxylic acids is 1. The summed E-state index contributed by atoms with van der Waals surface area (Å²) in [4.78, 5) is 12.3. The largest absolute Gasteiger partial charge is 0.352 e. The lowest BCUT2D eigenvalue weighted by atomic mass is 10.1. The second-order valence-electron chi connectivity index (χ2n) is 3.93. The van der Waals surface area contributed by atoms with Crippen LogP contribution in [0.5, 0.6) is 0 Å². The molecule has 0 saturated heterocycles. The molecular formula is C12H16FNOS2. The molecule has 0 fully saturated rings. The second-order valence-corrected chi connectivity index (χ2v) is 5.36. The Labute approximate surface area is 111 Å². The van der Waals surface area contributed by atoms with E-state index in [1.165, 1.54) is 18.2 Å². The maximum Gasteiger partial charge on any atom is 0.254 e. The maximum atomic E-state index is 13.4. The third-order valence-electron chi connectivity index (χ3n) is 2.26. The van der Waals surface area contributed by atoms with Gasteiger partial charge in [-0.05, 0) is 36.1 Å². The van der Waals surface area contributed by atoms with Gasteiger partial charge in [0.1, 0.15) is 5.82 Å². The van der Waals surface area contributed by atoms with Crippen LogP contribution in [0.15, 0.2) is 23.1 Å². The number of thioether (sulfide) groups is 1. The average molecular weight is 273 g/mol. The molecule has 0 saturated carbocycles. The molecular weight excluding hydrogens is 257 g/mol. The molecule has 94 valence electrons. The topological polar surface area (TPSA) is 29.1 Å². The summed E-state index contributed by atoms with van der Waals surface area (Å²) >= 11 is 5.81. The number of rotatable bonds is 5. The minimum atomic E-state index is -0.516. The van der Waals surface area contributed by atoms with Crippen molar-refractivity contribution in [3.8, 4) is 0 Å². The number of nitrogens with one attached hydrogen (secondary N) is 1. The molecule has 1 aromatic rings. The molecule has 2 nitrogen and oxygen atoms in total. The summed E-state index contributed by atoms with van der Waals surface area (Å²) < 4.78 is 13.4. The molecule has 0 aliphatic carbocycles. The lowest BCUT2D eigenvalue weighted by Crippen LogP contribution is -2.29. The van der Waals surface area contributed by atoms with Crippen molar-refractivity contribution in [3.63, 3.8) is 0 Å². The van der Waals surface area contributed by atoms with Gasteiger partial charge in [-0.25, -0.2) is 4.39 Å². The van der Waals surface area contributed by atoms with Crippen molar-refractivity contribution < 1.29 is 9.18 Å². The molecule has 0 aliphatic rings. The molecule has 1 amide bonds. The van der Waals surface area contributed by atoms with Gasteiger partial charge in [0.2, 0.25) is 0 Å². The fraction of sp³-hybridized carbons (Fsp3) is 0.417. The van der Waals surface area contributed by atoms with Crippen molar-refractivity contribution >= 4 is 30.3 Å². The van der Waals surface area contributed by atoms with E-state index in [-0.39, 0.29) is 11.5 Å². The van der Waals surface area contributed by atoms with Crippen LogP contribution in [-0.2, 0) is 0 Å². The monoisotopic (exact) mass is 273 g/mol. The number of halogens is 1. The van der Waals surface area contributed by atoms with Crippen LogP contribution in [0.4, 0.5) is 4.39 Å². The van der Waals surface area contributed by atoms with Gasteiger partial charge in [-0.1, -0.05) is 6.92 Å². The van der Waals surface area contributed by atoms with Crippen LogP contribution >= 0.6 is 24.4 Å². The summed E-state index contributed by atoms with van der Waals surface area (Å²) in [5, 5.41) is 2.73. The van der Waals surface area contributed by atoms with Gasteiger partial charge in [-0.3, -0.25) is 4.79 Å². The molecule has 17 heavy (non-hydrogen) atoms. The number of benzene rings is 1. The smallest absolute Gasteiger partial charge is 0.254 e. The minimum absolute atomic E-state index is 0.0499. The quantitative estimate of drug-likeness (QED) is 0.808. The first-order valence-corrected chi connectivity index (χ1v) is 7.14. The third kappa shape index (κ3) is 4.60. The Hall–Kier alpha value is -0.680. The molecule has 1 N–H and O–H groups in total. The van der Waals surface area contributed by atoms with E-state index >= 15 is 0 Å². The first-order chi connectivity index (χ1) is 8.04. The van der Waals surface area contributed by atoms with E-state index in [0.717, 1.165) is 5.75 Å².